The summed E-state index contributed by atoms with van der Waals surface area (Å²) in [6.07, 6.45) is 1.12. The van der Waals surface area contributed by atoms with Crippen molar-refractivity contribution in [1.82, 2.24) is 10.6 Å². The highest BCUT2D eigenvalue weighted by molar-refractivity contribution is 6.01. The fourth-order valence-electron chi connectivity index (χ4n) is 2.21. The minimum atomic E-state index is -0.313. The molecule has 7 nitrogen and oxygen atoms in total. The van der Waals surface area contributed by atoms with E-state index in [9.17, 15) is 4.79 Å². The average molecular weight is 321 g/mol. The summed E-state index contributed by atoms with van der Waals surface area (Å²) in [5.41, 5.74) is 1.82. The quantitative estimate of drug-likeness (QED) is 0.705. The van der Waals surface area contributed by atoms with Crippen LogP contribution in [0.5, 0.6) is 5.75 Å². The van der Waals surface area contributed by atoms with E-state index in [1.54, 1.807) is 7.11 Å². The number of aliphatic hydroxyl groups is 1. The SMILES string of the molecule is CC[C@H](CO)NC(=O)NC[C@H]1CC(c2ccc(OC)cc2)=NO1. The van der Waals surface area contributed by atoms with Crippen LogP contribution in [0.2, 0.25) is 0 Å². The Balaban J connectivity index is 1.77. The molecule has 1 aromatic carbocycles. The van der Waals surface area contributed by atoms with Crippen LogP contribution < -0.4 is 15.4 Å². The number of hydrogen-bond donors (Lipinski definition) is 3. The summed E-state index contributed by atoms with van der Waals surface area (Å²) in [4.78, 5) is 17.1. The Morgan fingerprint density at radius 3 is 2.83 bits per heavy atom. The number of urea groups is 1. The van der Waals surface area contributed by atoms with Gasteiger partial charge in [0, 0.05) is 6.42 Å². The summed E-state index contributed by atoms with van der Waals surface area (Å²) in [7, 11) is 1.62. The van der Waals surface area contributed by atoms with E-state index < -0.39 is 0 Å². The summed E-state index contributed by atoms with van der Waals surface area (Å²) in [6, 6.07) is 7.05. The van der Waals surface area contributed by atoms with E-state index in [1.807, 2.05) is 31.2 Å². The largest absolute Gasteiger partial charge is 0.497 e. The highest BCUT2D eigenvalue weighted by Crippen LogP contribution is 2.18. The molecule has 0 fully saturated rings. The third kappa shape index (κ3) is 4.85. The number of amides is 2. The van der Waals surface area contributed by atoms with Gasteiger partial charge < -0.3 is 25.3 Å². The first-order chi connectivity index (χ1) is 11.2. The van der Waals surface area contributed by atoms with E-state index in [4.69, 9.17) is 14.7 Å². The van der Waals surface area contributed by atoms with Gasteiger partial charge in [0.2, 0.25) is 0 Å². The maximum absolute atomic E-state index is 11.7. The van der Waals surface area contributed by atoms with E-state index >= 15 is 0 Å². The maximum Gasteiger partial charge on any atom is 0.315 e. The van der Waals surface area contributed by atoms with Gasteiger partial charge in [0.25, 0.3) is 0 Å². The number of carbonyl (C=O) groups excluding carboxylic acids is 1. The predicted molar refractivity (Wildman–Crippen MR) is 86.7 cm³/mol. The van der Waals surface area contributed by atoms with Crippen LogP contribution in [-0.2, 0) is 4.84 Å². The molecule has 0 radical (unpaired) electrons. The molecule has 2 amide bonds. The van der Waals surface area contributed by atoms with Gasteiger partial charge in [-0.1, -0.05) is 12.1 Å². The molecule has 0 bridgehead atoms. The second kappa shape index (κ2) is 8.38. The van der Waals surface area contributed by atoms with Crippen molar-refractivity contribution in [2.24, 2.45) is 5.16 Å². The summed E-state index contributed by atoms with van der Waals surface area (Å²) < 4.78 is 5.12. The van der Waals surface area contributed by atoms with Crippen molar-refractivity contribution in [2.45, 2.75) is 31.9 Å². The van der Waals surface area contributed by atoms with Crippen molar-refractivity contribution < 1.29 is 19.5 Å². The van der Waals surface area contributed by atoms with Gasteiger partial charge in [-0.3, -0.25) is 0 Å². The van der Waals surface area contributed by atoms with Crippen LogP contribution in [0.4, 0.5) is 4.79 Å². The second-order valence-electron chi connectivity index (χ2n) is 5.34. The third-order valence-corrected chi connectivity index (χ3v) is 3.69. The van der Waals surface area contributed by atoms with Crippen molar-refractivity contribution in [3.63, 3.8) is 0 Å². The summed E-state index contributed by atoms with van der Waals surface area (Å²) in [5, 5.41) is 18.6. The zero-order chi connectivity index (χ0) is 16.7. The van der Waals surface area contributed by atoms with Gasteiger partial charge in [-0.25, -0.2) is 4.79 Å². The Bertz CT molecular complexity index is 541. The Morgan fingerprint density at radius 2 is 2.22 bits per heavy atom. The Kier molecular flexibility index (Phi) is 6.22. The molecule has 0 aromatic heterocycles. The van der Waals surface area contributed by atoms with E-state index in [2.05, 4.69) is 15.8 Å². The second-order valence-corrected chi connectivity index (χ2v) is 5.34. The third-order valence-electron chi connectivity index (χ3n) is 3.69. The first-order valence-corrected chi connectivity index (χ1v) is 7.68. The van der Waals surface area contributed by atoms with Gasteiger partial charge in [0.05, 0.1) is 32.0 Å². The molecule has 0 saturated carbocycles. The summed E-state index contributed by atoms with van der Waals surface area (Å²) in [6.45, 7) is 2.18. The molecule has 1 aliphatic heterocycles. The molecule has 126 valence electrons. The number of methoxy groups -OCH3 is 1. The smallest absolute Gasteiger partial charge is 0.315 e. The van der Waals surface area contributed by atoms with Crippen molar-refractivity contribution >= 4 is 11.7 Å². The van der Waals surface area contributed by atoms with Gasteiger partial charge >= 0.3 is 6.03 Å². The average Bonchev–Trinajstić information content (AvgIpc) is 3.07. The standard InChI is InChI=1S/C16H23N3O4/c1-3-12(10-20)18-16(21)17-9-14-8-15(19-23-14)11-4-6-13(22-2)7-5-11/h4-7,12,14,20H,3,8-10H2,1-2H3,(H2,17,18,21)/t12-,14-/m1/s1. The van der Waals surface area contributed by atoms with Gasteiger partial charge in [-0.05, 0) is 36.2 Å². The molecule has 1 aliphatic rings. The monoisotopic (exact) mass is 321 g/mol. The molecule has 0 aliphatic carbocycles. The van der Waals surface area contributed by atoms with E-state index in [-0.39, 0.29) is 24.8 Å². The van der Waals surface area contributed by atoms with Crippen LogP contribution >= 0.6 is 0 Å². The molecular weight excluding hydrogens is 298 g/mol. The van der Waals surface area contributed by atoms with Crippen molar-refractivity contribution in [3.8, 4) is 5.75 Å². The number of oxime groups is 1. The van der Waals surface area contributed by atoms with Gasteiger partial charge in [0.15, 0.2) is 6.10 Å². The fourth-order valence-corrected chi connectivity index (χ4v) is 2.21. The number of carbonyl (C=O) groups is 1. The first kappa shape index (κ1) is 17.1. The number of rotatable bonds is 7. The normalized spacial score (nSPS) is 17.9. The van der Waals surface area contributed by atoms with Gasteiger partial charge in [-0.2, -0.15) is 0 Å². The van der Waals surface area contributed by atoms with Gasteiger partial charge in [0.1, 0.15) is 5.75 Å². The van der Waals surface area contributed by atoms with Crippen LogP contribution in [0.25, 0.3) is 0 Å². The van der Waals surface area contributed by atoms with Crippen molar-refractivity contribution in [2.75, 3.05) is 20.3 Å². The number of benzene rings is 1. The molecule has 3 N–H and O–H groups in total. The topological polar surface area (TPSA) is 92.2 Å². The van der Waals surface area contributed by atoms with Crippen LogP contribution in [0.1, 0.15) is 25.3 Å². The number of nitrogens with one attached hydrogen (secondary N) is 2. The predicted octanol–water partition coefficient (Wildman–Crippen LogP) is 1.26. The molecule has 0 unspecified atom stereocenters. The van der Waals surface area contributed by atoms with Crippen LogP contribution in [0.15, 0.2) is 29.4 Å². The van der Waals surface area contributed by atoms with E-state index in [0.29, 0.717) is 19.4 Å². The molecule has 2 rings (SSSR count). The minimum absolute atomic E-state index is 0.0748. The lowest BCUT2D eigenvalue weighted by Crippen LogP contribution is -2.45. The van der Waals surface area contributed by atoms with E-state index in [0.717, 1.165) is 17.0 Å². The Hall–Kier alpha value is -2.28. The van der Waals surface area contributed by atoms with Gasteiger partial charge in [-0.15, -0.1) is 0 Å². The van der Waals surface area contributed by atoms with E-state index in [1.165, 1.54) is 0 Å². The zero-order valence-corrected chi connectivity index (χ0v) is 13.4. The van der Waals surface area contributed by atoms with Crippen LogP contribution in [0.3, 0.4) is 0 Å². The molecule has 0 saturated heterocycles. The lowest BCUT2D eigenvalue weighted by atomic mass is 10.0. The summed E-state index contributed by atoms with van der Waals surface area (Å²) in [5.74, 6) is 0.789. The first-order valence-electron chi connectivity index (χ1n) is 7.68. The molecular formula is C16H23N3O4. The molecule has 0 spiro atoms. The van der Waals surface area contributed by atoms with Crippen LogP contribution in [0, 0.1) is 0 Å². The minimum Gasteiger partial charge on any atom is -0.497 e. The number of aliphatic hydroxyl groups excluding tert-OH is 1. The maximum atomic E-state index is 11.7. The molecule has 23 heavy (non-hydrogen) atoms. The summed E-state index contributed by atoms with van der Waals surface area (Å²) >= 11 is 0. The highest BCUT2D eigenvalue weighted by atomic mass is 16.6. The number of nitrogens with zero attached hydrogens (tertiary/aromatic N) is 1. The lowest BCUT2D eigenvalue weighted by molar-refractivity contribution is 0.0863. The Morgan fingerprint density at radius 1 is 1.48 bits per heavy atom. The number of ether oxygens (including phenoxy) is 1. The van der Waals surface area contributed by atoms with Crippen molar-refractivity contribution in [1.29, 1.82) is 0 Å². The highest BCUT2D eigenvalue weighted by Gasteiger charge is 2.23. The zero-order valence-electron chi connectivity index (χ0n) is 13.4. The van der Waals surface area contributed by atoms with Crippen molar-refractivity contribution in [3.05, 3.63) is 29.8 Å². The Labute approximate surface area is 135 Å². The molecule has 2 atom stereocenters. The molecule has 7 heteroatoms. The molecule has 1 heterocycles. The fraction of sp³-hybridized carbons (Fsp3) is 0.500. The lowest BCUT2D eigenvalue weighted by Gasteiger charge is -2.16. The molecule has 1 aromatic rings. The number of hydrogen-bond acceptors (Lipinski definition) is 5. The van der Waals surface area contributed by atoms with Crippen LogP contribution in [-0.4, -0.2) is 49.3 Å².